The van der Waals surface area contributed by atoms with Crippen LogP contribution in [0.2, 0.25) is 0 Å². The van der Waals surface area contributed by atoms with E-state index in [1.165, 1.54) is 25.7 Å². The summed E-state index contributed by atoms with van der Waals surface area (Å²) in [6.07, 6.45) is 5.39. The molecule has 0 heterocycles. The standard InChI is InChI=1S/C13H26Br2/c1-11(2)6-5-7-13(9-14,10-15)8-12(3)4/h11-12H,5-10H2,1-4H3. The quantitative estimate of drug-likeness (QED) is 0.501. The van der Waals surface area contributed by atoms with Gasteiger partial charge in [0.25, 0.3) is 0 Å². The lowest BCUT2D eigenvalue weighted by molar-refractivity contribution is 0.270. The van der Waals surface area contributed by atoms with E-state index in [1.54, 1.807) is 0 Å². The Morgan fingerprint density at radius 3 is 1.80 bits per heavy atom. The van der Waals surface area contributed by atoms with Gasteiger partial charge in [-0.1, -0.05) is 72.4 Å². The molecule has 0 fully saturated rings. The van der Waals surface area contributed by atoms with E-state index >= 15 is 0 Å². The van der Waals surface area contributed by atoms with Gasteiger partial charge in [-0.05, 0) is 30.1 Å². The van der Waals surface area contributed by atoms with Gasteiger partial charge < -0.3 is 0 Å². The molecule has 0 saturated carbocycles. The number of halogens is 2. The van der Waals surface area contributed by atoms with Crippen LogP contribution in [0.5, 0.6) is 0 Å². The summed E-state index contributed by atoms with van der Waals surface area (Å²) in [4.78, 5) is 0. The van der Waals surface area contributed by atoms with Crippen LogP contribution in [0.4, 0.5) is 0 Å². The van der Waals surface area contributed by atoms with E-state index in [-0.39, 0.29) is 0 Å². The van der Waals surface area contributed by atoms with Crippen LogP contribution >= 0.6 is 31.9 Å². The first-order chi connectivity index (χ1) is 6.95. The van der Waals surface area contributed by atoms with Crippen molar-refractivity contribution in [1.29, 1.82) is 0 Å². The third-order valence-electron chi connectivity index (χ3n) is 2.90. The third-order valence-corrected chi connectivity index (χ3v) is 5.28. The van der Waals surface area contributed by atoms with Crippen LogP contribution in [0.15, 0.2) is 0 Å². The molecule has 0 radical (unpaired) electrons. The van der Waals surface area contributed by atoms with Gasteiger partial charge in [-0.3, -0.25) is 0 Å². The van der Waals surface area contributed by atoms with Crippen LogP contribution in [-0.2, 0) is 0 Å². The van der Waals surface area contributed by atoms with Crippen LogP contribution < -0.4 is 0 Å². The molecule has 0 bridgehead atoms. The monoisotopic (exact) mass is 340 g/mol. The van der Waals surface area contributed by atoms with Gasteiger partial charge in [0.05, 0.1) is 0 Å². The fourth-order valence-electron chi connectivity index (χ4n) is 2.13. The van der Waals surface area contributed by atoms with Crippen LogP contribution in [0, 0.1) is 17.3 Å². The SMILES string of the molecule is CC(C)CCCC(CBr)(CBr)CC(C)C. The minimum Gasteiger partial charge on any atom is -0.0922 e. The Morgan fingerprint density at radius 1 is 0.933 bits per heavy atom. The van der Waals surface area contributed by atoms with Gasteiger partial charge in [-0.2, -0.15) is 0 Å². The maximum absolute atomic E-state index is 3.70. The van der Waals surface area contributed by atoms with Crippen molar-refractivity contribution < 1.29 is 0 Å². The zero-order chi connectivity index (χ0) is 11.9. The Balaban J connectivity index is 4.11. The molecular weight excluding hydrogens is 316 g/mol. The molecule has 0 aliphatic heterocycles. The van der Waals surface area contributed by atoms with E-state index in [2.05, 4.69) is 59.6 Å². The van der Waals surface area contributed by atoms with Crippen molar-refractivity contribution in [1.82, 2.24) is 0 Å². The molecule has 0 unspecified atom stereocenters. The second kappa shape index (κ2) is 8.11. The first-order valence-electron chi connectivity index (χ1n) is 6.07. The fraction of sp³-hybridized carbons (Fsp3) is 1.00. The molecule has 0 amide bonds. The lowest BCUT2D eigenvalue weighted by atomic mass is 9.79. The predicted octanol–water partition coefficient (Wildman–Crippen LogP) is 5.64. The molecule has 0 N–H and O–H groups in total. The third kappa shape index (κ3) is 6.99. The van der Waals surface area contributed by atoms with E-state index in [1.807, 2.05) is 0 Å². The average molecular weight is 342 g/mol. The van der Waals surface area contributed by atoms with E-state index < -0.39 is 0 Å². The van der Waals surface area contributed by atoms with Gasteiger partial charge in [-0.25, -0.2) is 0 Å². The molecule has 15 heavy (non-hydrogen) atoms. The Bertz CT molecular complexity index is 149. The first-order valence-corrected chi connectivity index (χ1v) is 8.32. The van der Waals surface area contributed by atoms with Crippen molar-refractivity contribution in [3.63, 3.8) is 0 Å². The van der Waals surface area contributed by atoms with Crippen molar-refractivity contribution in [2.75, 3.05) is 10.7 Å². The number of rotatable bonds is 8. The molecule has 0 rings (SSSR count). The molecule has 0 atom stereocenters. The highest BCUT2D eigenvalue weighted by Gasteiger charge is 2.28. The van der Waals surface area contributed by atoms with Crippen molar-refractivity contribution in [3.05, 3.63) is 0 Å². The van der Waals surface area contributed by atoms with Crippen LogP contribution in [0.25, 0.3) is 0 Å². The van der Waals surface area contributed by atoms with E-state index in [4.69, 9.17) is 0 Å². The van der Waals surface area contributed by atoms with Crippen LogP contribution in [0.3, 0.4) is 0 Å². The molecule has 0 nitrogen and oxygen atoms in total. The van der Waals surface area contributed by atoms with Crippen LogP contribution in [-0.4, -0.2) is 10.7 Å². The van der Waals surface area contributed by atoms with Gasteiger partial charge in [0.2, 0.25) is 0 Å². The van der Waals surface area contributed by atoms with Gasteiger partial charge in [0, 0.05) is 10.7 Å². The van der Waals surface area contributed by atoms with Gasteiger partial charge >= 0.3 is 0 Å². The fourth-order valence-corrected chi connectivity index (χ4v) is 4.08. The van der Waals surface area contributed by atoms with E-state index in [0.717, 1.165) is 22.5 Å². The zero-order valence-electron chi connectivity index (χ0n) is 10.7. The summed E-state index contributed by atoms with van der Waals surface area (Å²) in [5.41, 5.74) is 0.475. The first kappa shape index (κ1) is 16.0. The zero-order valence-corrected chi connectivity index (χ0v) is 13.8. The predicted molar refractivity (Wildman–Crippen MR) is 78.2 cm³/mol. The minimum atomic E-state index is 0.475. The topological polar surface area (TPSA) is 0 Å². The Labute approximate surface area is 113 Å². The van der Waals surface area contributed by atoms with Crippen molar-refractivity contribution in [2.45, 2.75) is 53.4 Å². The van der Waals surface area contributed by atoms with Gasteiger partial charge in [0.15, 0.2) is 0 Å². The number of alkyl halides is 2. The summed E-state index contributed by atoms with van der Waals surface area (Å²) in [5, 5.41) is 2.25. The average Bonchev–Trinajstić information content (AvgIpc) is 2.15. The summed E-state index contributed by atoms with van der Waals surface area (Å²) in [5.74, 6) is 1.63. The lowest BCUT2D eigenvalue weighted by Crippen LogP contribution is -2.27. The van der Waals surface area contributed by atoms with Gasteiger partial charge in [0.1, 0.15) is 0 Å². The largest absolute Gasteiger partial charge is 0.0922 e. The molecule has 0 saturated heterocycles. The molecule has 0 aromatic carbocycles. The number of hydrogen-bond donors (Lipinski definition) is 0. The minimum absolute atomic E-state index is 0.475. The van der Waals surface area contributed by atoms with Crippen molar-refractivity contribution >= 4 is 31.9 Å². The molecule has 0 aliphatic rings. The van der Waals surface area contributed by atoms with Crippen molar-refractivity contribution in [3.8, 4) is 0 Å². The molecule has 0 spiro atoms. The lowest BCUT2D eigenvalue weighted by Gasteiger charge is -2.32. The molecule has 92 valence electrons. The Hall–Kier alpha value is 0.960. The highest BCUT2D eigenvalue weighted by atomic mass is 79.9. The molecule has 0 aromatic heterocycles. The smallest absolute Gasteiger partial charge is 0.00960 e. The highest BCUT2D eigenvalue weighted by molar-refractivity contribution is 9.09. The van der Waals surface area contributed by atoms with E-state index in [9.17, 15) is 0 Å². The van der Waals surface area contributed by atoms with Crippen molar-refractivity contribution in [2.24, 2.45) is 17.3 Å². The molecule has 0 aromatic rings. The summed E-state index contributed by atoms with van der Waals surface area (Å²) in [6, 6.07) is 0. The second-order valence-corrected chi connectivity index (χ2v) is 6.77. The Morgan fingerprint density at radius 2 is 1.47 bits per heavy atom. The molecule has 2 heteroatoms. The highest BCUT2D eigenvalue weighted by Crippen LogP contribution is 2.36. The summed E-state index contributed by atoms with van der Waals surface area (Å²) in [6.45, 7) is 9.27. The van der Waals surface area contributed by atoms with Gasteiger partial charge in [-0.15, -0.1) is 0 Å². The normalized spacial score (nSPS) is 12.8. The maximum atomic E-state index is 3.70. The summed E-state index contributed by atoms with van der Waals surface area (Å²) >= 11 is 7.40. The second-order valence-electron chi connectivity index (χ2n) is 5.65. The number of hydrogen-bond acceptors (Lipinski definition) is 0. The molecular formula is C13H26Br2. The maximum Gasteiger partial charge on any atom is 0.00960 e. The summed E-state index contributed by atoms with van der Waals surface area (Å²) < 4.78 is 0. The van der Waals surface area contributed by atoms with Crippen LogP contribution in [0.1, 0.15) is 53.4 Å². The van der Waals surface area contributed by atoms with E-state index in [0.29, 0.717) is 5.41 Å². The summed E-state index contributed by atoms with van der Waals surface area (Å²) in [7, 11) is 0. The molecule has 0 aliphatic carbocycles. The Kier molecular flexibility index (Phi) is 8.63.